The fourth-order valence-corrected chi connectivity index (χ4v) is 3.69. The van der Waals surface area contributed by atoms with Crippen LogP contribution in [0.4, 0.5) is 0 Å². The molecule has 2 aliphatic rings. The van der Waals surface area contributed by atoms with Gasteiger partial charge in [-0.25, -0.2) is 0 Å². The van der Waals surface area contributed by atoms with Crippen LogP contribution in [0.1, 0.15) is 40.5 Å². The smallest absolute Gasteiger partial charge is 0.242 e. The molecular formula is C17H33N5O. The van der Waals surface area contributed by atoms with Crippen molar-refractivity contribution >= 4 is 11.9 Å². The molecule has 1 aliphatic heterocycles. The molecule has 1 heterocycles. The summed E-state index contributed by atoms with van der Waals surface area (Å²) in [6.07, 6.45) is 2.65. The van der Waals surface area contributed by atoms with Crippen LogP contribution in [0.25, 0.3) is 0 Å². The molecule has 1 saturated carbocycles. The molecular weight excluding hydrogens is 290 g/mol. The van der Waals surface area contributed by atoms with Crippen molar-refractivity contribution < 1.29 is 4.79 Å². The maximum Gasteiger partial charge on any atom is 0.242 e. The highest BCUT2D eigenvalue weighted by atomic mass is 16.2. The number of aliphatic imine (C=N–C) groups is 1. The van der Waals surface area contributed by atoms with Crippen LogP contribution in [-0.4, -0.2) is 84.5 Å². The van der Waals surface area contributed by atoms with Gasteiger partial charge in [-0.1, -0.05) is 0 Å². The molecule has 0 spiro atoms. The van der Waals surface area contributed by atoms with Crippen molar-refractivity contribution in [2.75, 3.05) is 40.3 Å². The first kappa shape index (κ1) is 18.0. The number of likely N-dealkylation sites (N-methyl/N-ethyl adjacent to an activating group) is 1. The summed E-state index contributed by atoms with van der Waals surface area (Å²) >= 11 is 0. The first-order valence-electron chi connectivity index (χ1n) is 8.74. The van der Waals surface area contributed by atoms with Crippen LogP contribution in [0.3, 0.4) is 0 Å². The Kier molecular flexibility index (Phi) is 5.55. The third-order valence-electron chi connectivity index (χ3n) is 4.77. The molecule has 0 aromatic rings. The van der Waals surface area contributed by atoms with E-state index in [4.69, 9.17) is 0 Å². The molecule has 1 N–H and O–H groups in total. The molecule has 0 aromatic carbocycles. The van der Waals surface area contributed by atoms with E-state index >= 15 is 0 Å². The topological polar surface area (TPSA) is 51.2 Å². The Balaban J connectivity index is 1.92. The lowest BCUT2D eigenvalue weighted by atomic mass is 9.96. The second-order valence-electron chi connectivity index (χ2n) is 7.71. The maximum atomic E-state index is 12.6. The molecule has 6 nitrogen and oxygen atoms in total. The van der Waals surface area contributed by atoms with Crippen molar-refractivity contribution in [1.82, 2.24) is 20.0 Å². The summed E-state index contributed by atoms with van der Waals surface area (Å²) in [7, 11) is 3.97. The summed E-state index contributed by atoms with van der Waals surface area (Å²) in [6, 6.07) is 0.996. The first-order valence-corrected chi connectivity index (χ1v) is 8.74. The molecule has 6 heteroatoms. The number of rotatable bonds is 5. The molecule has 2 rings (SSSR count). The minimum Gasteiger partial charge on any atom is -0.355 e. The molecule has 0 radical (unpaired) electrons. The van der Waals surface area contributed by atoms with Crippen molar-refractivity contribution in [3.8, 4) is 0 Å². The largest absolute Gasteiger partial charge is 0.355 e. The molecule has 1 saturated heterocycles. The number of nitrogens with zero attached hydrogens (tertiary/aromatic N) is 4. The van der Waals surface area contributed by atoms with Gasteiger partial charge in [-0.3, -0.25) is 9.79 Å². The Labute approximate surface area is 140 Å². The van der Waals surface area contributed by atoms with Crippen LogP contribution in [0.2, 0.25) is 0 Å². The lowest BCUT2D eigenvalue weighted by Crippen LogP contribution is -2.66. The lowest BCUT2D eigenvalue weighted by Gasteiger charge is -2.49. The van der Waals surface area contributed by atoms with E-state index in [1.807, 2.05) is 4.90 Å². The normalized spacial score (nSPS) is 22.3. The molecule has 0 atom stereocenters. The number of guanidine groups is 1. The number of amides is 1. The number of hydrogen-bond acceptors (Lipinski definition) is 3. The van der Waals surface area contributed by atoms with Gasteiger partial charge in [-0.2, -0.15) is 0 Å². The second kappa shape index (κ2) is 7.07. The molecule has 0 aromatic heterocycles. The lowest BCUT2D eigenvalue weighted by molar-refractivity contribution is -0.145. The van der Waals surface area contributed by atoms with E-state index in [9.17, 15) is 4.79 Å². The highest BCUT2D eigenvalue weighted by molar-refractivity contribution is 5.88. The van der Waals surface area contributed by atoms with Gasteiger partial charge in [0.15, 0.2) is 5.96 Å². The fourth-order valence-electron chi connectivity index (χ4n) is 3.69. The number of nitrogens with one attached hydrogen (secondary N) is 1. The minimum absolute atomic E-state index is 0.175. The van der Waals surface area contributed by atoms with Gasteiger partial charge < -0.3 is 20.0 Å². The van der Waals surface area contributed by atoms with Gasteiger partial charge in [-0.05, 0) is 47.6 Å². The first-order chi connectivity index (χ1) is 10.8. The molecule has 0 bridgehead atoms. The van der Waals surface area contributed by atoms with E-state index in [-0.39, 0.29) is 17.5 Å². The van der Waals surface area contributed by atoms with Crippen molar-refractivity contribution in [2.45, 2.75) is 58.2 Å². The van der Waals surface area contributed by atoms with Crippen LogP contribution in [0.5, 0.6) is 0 Å². The Morgan fingerprint density at radius 3 is 2.57 bits per heavy atom. The Morgan fingerprint density at radius 1 is 1.43 bits per heavy atom. The van der Waals surface area contributed by atoms with Gasteiger partial charge in [0.25, 0.3) is 0 Å². The van der Waals surface area contributed by atoms with Gasteiger partial charge in [0.1, 0.15) is 0 Å². The van der Waals surface area contributed by atoms with Crippen LogP contribution >= 0.6 is 0 Å². The van der Waals surface area contributed by atoms with E-state index in [0.717, 1.165) is 31.6 Å². The highest BCUT2D eigenvalue weighted by Crippen LogP contribution is 2.25. The van der Waals surface area contributed by atoms with E-state index in [2.05, 4.69) is 54.9 Å². The zero-order valence-electron chi connectivity index (χ0n) is 15.6. The van der Waals surface area contributed by atoms with Crippen molar-refractivity contribution in [1.29, 1.82) is 0 Å². The van der Waals surface area contributed by atoms with Crippen molar-refractivity contribution in [3.63, 3.8) is 0 Å². The SMILES string of the molecule is CN=C(NCCN(C)C1CC1)N1CC(=O)N(C(C)C)C(C)(C)C1. The number of carbonyl (C=O) groups is 1. The standard InChI is InChI=1S/C17H33N5O/c1-13(2)22-15(23)11-21(12-17(22,3)4)16(18-5)19-9-10-20(6)14-7-8-14/h13-14H,7-12H2,1-6H3,(H,18,19). The van der Waals surface area contributed by atoms with Crippen molar-refractivity contribution in [2.24, 2.45) is 4.99 Å². The van der Waals surface area contributed by atoms with Gasteiger partial charge >= 0.3 is 0 Å². The van der Waals surface area contributed by atoms with Crippen LogP contribution < -0.4 is 5.32 Å². The van der Waals surface area contributed by atoms with Gasteiger partial charge in [0.2, 0.25) is 5.91 Å². The summed E-state index contributed by atoms with van der Waals surface area (Å²) in [5.74, 6) is 1.01. The van der Waals surface area contributed by atoms with E-state index in [1.54, 1.807) is 7.05 Å². The highest BCUT2D eigenvalue weighted by Gasteiger charge is 2.40. The van der Waals surface area contributed by atoms with E-state index < -0.39 is 0 Å². The summed E-state index contributed by atoms with van der Waals surface area (Å²) in [5.41, 5.74) is -0.189. The number of carbonyl (C=O) groups excluding carboxylic acids is 1. The molecule has 0 unspecified atom stereocenters. The number of piperazine rings is 1. The summed E-state index contributed by atoms with van der Waals surface area (Å²) in [4.78, 5) is 23.4. The predicted octanol–water partition coefficient (Wildman–Crippen LogP) is 0.987. The quantitative estimate of drug-likeness (QED) is 0.605. The van der Waals surface area contributed by atoms with Gasteiger partial charge in [0, 0.05) is 38.8 Å². The van der Waals surface area contributed by atoms with E-state index in [1.165, 1.54) is 12.8 Å². The minimum atomic E-state index is -0.189. The average Bonchev–Trinajstić information content (AvgIpc) is 3.25. The zero-order chi connectivity index (χ0) is 17.2. The zero-order valence-corrected chi connectivity index (χ0v) is 15.6. The van der Waals surface area contributed by atoms with Crippen LogP contribution in [0, 0.1) is 0 Å². The van der Waals surface area contributed by atoms with Gasteiger partial charge in [0.05, 0.1) is 12.1 Å². The molecule has 1 aliphatic carbocycles. The van der Waals surface area contributed by atoms with Crippen molar-refractivity contribution in [3.05, 3.63) is 0 Å². The van der Waals surface area contributed by atoms with Crippen LogP contribution in [-0.2, 0) is 4.79 Å². The fraction of sp³-hybridized carbons (Fsp3) is 0.882. The summed E-state index contributed by atoms with van der Waals surface area (Å²) in [5, 5.41) is 3.42. The third kappa shape index (κ3) is 4.37. The second-order valence-corrected chi connectivity index (χ2v) is 7.71. The maximum absolute atomic E-state index is 12.6. The summed E-state index contributed by atoms with van der Waals surface area (Å²) < 4.78 is 0. The molecule has 23 heavy (non-hydrogen) atoms. The summed E-state index contributed by atoms with van der Waals surface area (Å²) in [6.45, 7) is 11.5. The third-order valence-corrected chi connectivity index (χ3v) is 4.77. The van der Waals surface area contributed by atoms with Crippen LogP contribution in [0.15, 0.2) is 4.99 Å². The Morgan fingerprint density at radius 2 is 2.09 bits per heavy atom. The number of hydrogen-bond donors (Lipinski definition) is 1. The Bertz CT molecular complexity index is 456. The molecule has 132 valence electrons. The Hall–Kier alpha value is -1.30. The molecule has 2 fully saturated rings. The van der Waals surface area contributed by atoms with Gasteiger partial charge in [-0.15, -0.1) is 0 Å². The van der Waals surface area contributed by atoms with E-state index in [0.29, 0.717) is 6.54 Å². The monoisotopic (exact) mass is 323 g/mol. The average molecular weight is 323 g/mol. The predicted molar refractivity (Wildman–Crippen MR) is 94.6 cm³/mol. The molecule has 1 amide bonds.